The second kappa shape index (κ2) is 4.20. The van der Waals surface area contributed by atoms with Gasteiger partial charge < -0.3 is 15.2 Å². The molecule has 0 rings (SSSR count). The summed E-state index contributed by atoms with van der Waals surface area (Å²) >= 11 is 10.2. The van der Waals surface area contributed by atoms with Crippen molar-refractivity contribution < 1.29 is 14.7 Å². The maximum Gasteiger partial charge on any atom is 0.221 e. The largest absolute Gasteiger partial charge is 0.543 e. The minimum absolute atomic E-state index is 0.541. The van der Waals surface area contributed by atoms with E-state index < -0.39 is 22.1 Å². The summed E-state index contributed by atoms with van der Waals surface area (Å²) in [6.45, 7) is 1.12. The molecule has 0 aromatic rings. The summed E-state index contributed by atoms with van der Waals surface area (Å²) in [4.78, 5) is 20.4. The third-order valence-corrected chi connectivity index (χ3v) is 1.07. The van der Waals surface area contributed by atoms with Gasteiger partial charge in [-0.3, -0.25) is 4.79 Å². The number of carboxylic acid groups (broad SMARTS) is 1. The van der Waals surface area contributed by atoms with E-state index in [1.807, 2.05) is 5.32 Å². The Morgan fingerprint density at radius 1 is 1.36 bits per heavy atom. The van der Waals surface area contributed by atoms with Crippen LogP contribution in [0.5, 0.6) is 0 Å². The molecule has 0 aliphatic heterocycles. The highest BCUT2D eigenvalue weighted by atomic mass is 35.5. The molecule has 0 aromatic carbocycles. The van der Waals surface area contributed by atoms with Gasteiger partial charge in [0.1, 0.15) is 4.49 Å². The first kappa shape index (κ1) is 10.3. The summed E-state index contributed by atoms with van der Waals surface area (Å²) in [7, 11) is 0. The Bertz CT molecular complexity index is 220. The van der Waals surface area contributed by atoms with Gasteiger partial charge in [0.2, 0.25) is 5.91 Å². The molecule has 0 spiro atoms. The molecule has 0 aliphatic rings. The van der Waals surface area contributed by atoms with Gasteiger partial charge in [-0.05, 0) is 0 Å². The van der Waals surface area contributed by atoms with Crippen LogP contribution in [0.1, 0.15) is 6.92 Å². The van der Waals surface area contributed by atoms with E-state index in [1.54, 1.807) is 0 Å². The molecule has 0 aliphatic carbocycles. The highest BCUT2D eigenvalue weighted by Gasteiger charge is 2.04. The lowest BCUT2D eigenvalue weighted by molar-refractivity contribution is -0.299. The van der Waals surface area contributed by atoms with E-state index in [1.165, 1.54) is 0 Å². The molecule has 6 heteroatoms. The molecule has 0 heterocycles. The van der Waals surface area contributed by atoms with Crippen LogP contribution in [0.25, 0.3) is 0 Å². The molecule has 11 heavy (non-hydrogen) atoms. The Morgan fingerprint density at radius 3 is 1.91 bits per heavy atom. The standard InChI is InChI=1S/C5H5Cl2NO3/c1-2(9)8-3(4(6)7)5(10)11/h1H3,(H,8,9)(H,10,11)/p-1. The van der Waals surface area contributed by atoms with E-state index in [0.29, 0.717) is 0 Å². The fourth-order valence-corrected chi connectivity index (χ4v) is 0.600. The van der Waals surface area contributed by atoms with E-state index in [2.05, 4.69) is 0 Å². The topological polar surface area (TPSA) is 69.2 Å². The second-order valence-corrected chi connectivity index (χ2v) is 2.55. The number of carbonyl (C=O) groups is 2. The number of carbonyl (C=O) groups excluding carboxylic acids is 2. The monoisotopic (exact) mass is 196 g/mol. The van der Waals surface area contributed by atoms with E-state index in [-0.39, 0.29) is 0 Å². The predicted molar refractivity (Wildman–Crippen MR) is 37.6 cm³/mol. The Morgan fingerprint density at radius 2 is 1.82 bits per heavy atom. The van der Waals surface area contributed by atoms with Crippen molar-refractivity contribution in [3.8, 4) is 0 Å². The van der Waals surface area contributed by atoms with Gasteiger partial charge in [0, 0.05) is 6.92 Å². The van der Waals surface area contributed by atoms with Crippen molar-refractivity contribution in [3.05, 3.63) is 10.2 Å². The van der Waals surface area contributed by atoms with Crippen LogP contribution < -0.4 is 10.4 Å². The molecule has 1 N–H and O–H groups in total. The van der Waals surface area contributed by atoms with Gasteiger partial charge in [-0.25, -0.2) is 0 Å². The summed E-state index contributed by atoms with van der Waals surface area (Å²) in [5.74, 6) is -2.21. The van der Waals surface area contributed by atoms with E-state index >= 15 is 0 Å². The molecule has 0 unspecified atom stereocenters. The zero-order valence-corrected chi connectivity index (χ0v) is 6.99. The lowest BCUT2D eigenvalue weighted by atomic mass is 10.5. The van der Waals surface area contributed by atoms with E-state index in [4.69, 9.17) is 23.2 Å². The number of hydrogen-bond donors (Lipinski definition) is 1. The van der Waals surface area contributed by atoms with Crippen LogP contribution in [0.3, 0.4) is 0 Å². The van der Waals surface area contributed by atoms with Gasteiger partial charge in [0.25, 0.3) is 0 Å². The van der Waals surface area contributed by atoms with E-state index in [0.717, 1.165) is 6.92 Å². The summed E-state index contributed by atoms with van der Waals surface area (Å²) < 4.78 is -0.541. The molecule has 4 nitrogen and oxygen atoms in total. The number of carboxylic acids is 1. The quantitative estimate of drug-likeness (QED) is 0.607. The van der Waals surface area contributed by atoms with Crippen LogP contribution in [0.4, 0.5) is 0 Å². The maximum absolute atomic E-state index is 10.3. The van der Waals surface area contributed by atoms with Crippen molar-refractivity contribution in [2.24, 2.45) is 0 Å². The smallest absolute Gasteiger partial charge is 0.221 e. The third kappa shape index (κ3) is 3.85. The molecule has 0 fully saturated rings. The van der Waals surface area contributed by atoms with Crippen molar-refractivity contribution in [1.82, 2.24) is 5.32 Å². The highest BCUT2D eigenvalue weighted by molar-refractivity contribution is 6.57. The molecule has 62 valence electrons. The van der Waals surface area contributed by atoms with Crippen LogP contribution in [0.2, 0.25) is 0 Å². The molecular formula is C5H4Cl2NO3-. The zero-order valence-electron chi connectivity index (χ0n) is 5.48. The fraction of sp³-hybridized carbons (Fsp3) is 0.200. The maximum atomic E-state index is 10.3. The van der Waals surface area contributed by atoms with Crippen LogP contribution >= 0.6 is 23.2 Å². The van der Waals surface area contributed by atoms with Crippen LogP contribution in [0.15, 0.2) is 10.2 Å². The summed E-state index contributed by atoms with van der Waals surface area (Å²) in [5.41, 5.74) is -0.624. The van der Waals surface area contributed by atoms with Crippen molar-refractivity contribution in [2.45, 2.75) is 6.92 Å². The normalized spacial score (nSPS) is 8.64. The number of halogens is 2. The predicted octanol–water partition coefficient (Wildman–Crippen LogP) is -0.481. The number of amides is 1. The molecule has 0 saturated heterocycles. The molecule has 0 radical (unpaired) electrons. The van der Waals surface area contributed by atoms with Crippen LogP contribution in [-0.2, 0) is 9.59 Å². The second-order valence-electron chi connectivity index (χ2n) is 1.60. The van der Waals surface area contributed by atoms with Gasteiger partial charge in [0.05, 0.1) is 11.7 Å². The zero-order chi connectivity index (χ0) is 9.02. The number of hydrogen-bond acceptors (Lipinski definition) is 3. The van der Waals surface area contributed by atoms with Gasteiger partial charge in [0.15, 0.2) is 0 Å². The van der Waals surface area contributed by atoms with E-state index in [9.17, 15) is 14.7 Å². The Hall–Kier alpha value is -0.740. The molecule has 0 saturated carbocycles. The number of aliphatic carboxylic acids is 1. The first-order valence-electron chi connectivity index (χ1n) is 2.49. The van der Waals surface area contributed by atoms with Crippen molar-refractivity contribution in [1.29, 1.82) is 0 Å². The van der Waals surface area contributed by atoms with Gasteiger partial charge >= 0.3 is 0 Å². The Labute approximate surface area is 72.8 Å². The minimum atomic E-state index is -1.62. The molecule has 0 bridgehead atoms. The molecule has 0 atom stereocenters. The average Bonchev–Trinajstić information content (AvgIpc) is 1.81. The van der Waals surface area contributed by atoms with Gasteiger partial charge in [-0.2, -0.15) is 0 Å². The molecular weight excluding hydrogens is 193 g/mol. The summed E-state index contributed by atoms with van der Waals surface area (Å²) in [6, 6.07) is 0. The van der Waals surface area contributed by atoms with Gasteiger partial charge in [-0.1, -0.05) is 23.2 Å². The number of rotatable bonds is 2. The lowest BCUT2D eigenvalue weighted by Crippen LogP contribution is -2.34. The fourth-order valence-electron chi connectivity index (χ4n) is 0.351. The lowest BCUT2D eigenvalue weighted by Gasteiger charge is -2.07. The first-order chi connectivity index (χ1) is 4.95. The van der Waals surface area contributed by atoms with Crippen molar-refractivity contribution >= 4 is 35.1 Å². The third-order valence-electron chi connectivity index (χ3n) is 0.694. The summed E-state index contributed by atoms with van der Waals surface area (Å²) in [5, 5.41) is 12.0. The SMILES string of the molecule is CC(=O)NC(C(=O)[O-])=C(Cl)Cl. The molecule has 0 aromatic heterocycles. The van der Waals surface area contributed by atoms with Crippen molar-refractivity contribution in [3.63, 3.8) is 0 Å². The molecule has 1 amide bonds. The van der Waals surface area contributed by atoms with Crippen molar-refractivity contribution in [2.75, 3.05) is 0 Å². The highest BCUT2D eigenvalue weighted by Crippen LogP contribution is 2.10. The van der Waals surface area contributed by atoms with Gasteiger partial charge in [-0.15, -0.1) is 0 Å². The van der Waals surface area contributed by atoms with Crippen LogP contribution in [0, 0.1) is 0 Å². The summed E-state index contributed by atoms with van der Waals surface area (Å²) in [6.07, 6.45) is 0. The number of nitrogens with one attached hydrogen (secondary N) is 1. The minimum Gasteiger partial charge on any atom is -0.543 e. The Balaban J connectivity index is 4.52. The Kier molecular flexibility index (Phi) is 3.92. The first-order valence-corrected chi connectivity index (χ1v) is 3.25. The average molecular weight is 197 g/mol. The van der Waals surface area contributed by atoms with Crippen LogP contribution in [-0.4, -0.2) is 11.9 Å².